The fourth-order valence-electron chi connectivity index (χ4n) is 7.10. The van der Waals surface area contributed by atoms with Crippen LogP contribution in [0.1, 0.15) is 61.4 Å². The van der Waals surface area contributed by atoms with Crippen LogP contribution in [-0.4, -0.2) is 24.5 Å². The first-order valence-electron chi connectivity index (χ1n) is 12.4. The molecular formula is C28H30F3NO3. The fraction of sp³-hybridized carbons (Fsp3) is 0.500. The van der Waals surface area contributed by atoms with Crippen molar-refractivity contribution >= 4 is 11.9 Å². The molecule has 0 heterocycles. The SMILES string of the molecule is CC(NC(=O)COC(=O)c1ccccc1-c1ccc(C(F)(F)F)cc1)C12CC3CC(CC(C3)C1)C2. The number of nitrogens with one attached hydrogen (secondary N) is 1. The quantitative estimate of drug-likeness (QED) is 0.492. The minimum absolute atomic E-state index is 0.0292. The van der Waals surface area contributed by atoms with Crippen LogP contribution in [0.2, 0.25) is 0 Å². The van der Waals surface area contributed by atoms with Crippen LogP contribution >= 0.6 is 0 Å². The normalized spacial score (nSPS) is 27.9. The van der Waals surface area contributed by atoms with Gasteiger partial charge in [0, 0.05) is 6.04 Å². The first kappa shape index (κ1) is 23.9. The number of ether oxygens (including phenoxy) is 1. The number of carbonyl (C=O) groups is 2. The average Bonchev–Trinajstić information content (AvgIpc) is 2.81. The van der Waals surface area contributed by atoms with Gasteiger partial charge in [-0.1, -0.05) is 30.3 Å². The molecule has 2 aromatic carbocycles. The summed E-state index contributed by atoms with van der Waals surface area (Å²) in [7, 11) is 0. The number of benzene rings is 2. The van der Waals surface area contributed by atoms with E-state index in [1.807, 2.05) is 0 Å². The number of alkyl halides is 3. The summed E-state index contributed by atoms with van der Waals surface area (Å²) < 4.78 is 44.0. The predicted octanol–water partition coefficient (Wildman–Crippen LogP) is 6.25. The molecule has 4 aliphatic rings. The van der Waals surface area contributed by atoms with Crippen molar-refractivity contribution in [2.24, 2.45) is 23.2 Å². The molecule has 0 aromatic heterocycles. The Morgan fingerprint density at radius 3 is 2.11 bits per heavy atom. The second-order valence-electron chi connectivity index (χ2n) is 10.8. The van der Waals surface area contributed by atoms with Gasteiger partial charge in [-0.15, -0.1) is 0 Å². The van der Waals surface area contributed by atoms with E-state index in [9.17, 15) is 22.8 Å². The van der Waals surface area contributed by atoms with Crippen molar-refractivity contribution in [1.29, 1.82) is 0 Å². The van der Waals surface area contributed by atoms with E-state index in [1.165, 1.54) is 50.7 Å². The Hall–Kier alpha value is -2.83. The number of hydrogen-bond acceptors (Lipinski definition) is 3. The second-order valence-corrected chi connectivity index (χ2v) is 10.8. The molecule has 4 fully saturated rings. The molecule has 4 saturated carbocycles. The summed E-state index contributed by atoms with van der Waals surface area (Å²) >= 11 is 0. The molecule has 2 aromatic rings. The zero-order chi connectivity index (χ0) is 24.8. The van der Waals surface area contributed by atoms with Gasteiger partial charge in [0.05, 0.1) is 11.1 Å². The van der Waals surface area contributed by atoms with Gasteiger partial charge in [0.15, 0.2) is 6.61 Å². The van der Waals surface area contributed by atoms with Crippen LogP contribution in [0.25, 0.3) is 11.1 Å². The molecular weight excluding hydrogens is 455 g/mol. The van der Waals surface area contributed by atoms with E-state index in [4.69, 9.17) is 4.74 Å². The largest absolute Gasteiger partial charge is 0.452 e. The monoisotopic (exact) mass is 485 g/mol. The Kier molecular flexibility index (Phi) is 6.14. The Morgan fingerprint density at radius 1 is 0.971 bits per heavy atom. The molecule has 0 saturated heterocycles. The Labute approximate surface area is 203 Å². The van der Waals surface area contributed by atoms with Gasteiger partial charge in [0.25, 0.3) is 5.91 Å². The third kappa shape index (κ3) is 4.82. The summed E-state index contributed by atoms with van der Waals surface area (Å²) in [6, 6.07) is 11.2. The van der Waals surface area contributed by atoms with E-state index in [-0.39, 0.29) is 22.9 Å². The molecule has 4 nitrogen and oxygen atoms in total. The van der Waals surface area contributed by atoms with Gasteiger partial charge in [-0.25, -0.2) is 4.79 Å². The van der Waals surface area contributed by atoms with Gasteiger partial charge < -0.3 is 10.1 Å². The van der Waals surface area contributed by atoms with Gasteiger partial charge >= 0.3 is 12.1 Å². The second kappa shape index (κ2) is 8.99. The zero-order valence-corrected chi connectivity index (χ0v) is 19.7. The highest BCUT2D eigenvalue weighted by Gasteiger charge is 2.53. The van der Waals surface area contributed by atoms with Crippen molar-refractivity contribution < 1.29 is 27.5 Å². The maximum Gasteiger partial charge on any atom is 0.416 e. The number of halogens is 3. The lowest BCUT2D eigenvalue weighted by atomic mass is 9.48. The van der Waals surface area contributed by atoms with Crippen molar-refractivity contribution in [3.05, 3.63) is 59.7 Å². The van der Waals surface area contributed by atoms with Crippen LogP contribution in [0.4, 0.5) is 13.2 Å². The number of amides is 1. The first-order chi connectivity index (χ1) is 16.6. The summed E-state index contributed by atoms with van der Waals surface area (Å²) in [4.78, 5) is 25.5. The molecule has 0 spiro atoms. The predicted molar refractivity (Wildman–Crippen MR) is 125 cm³/mol. The molecule has 35 heavy (non-hydrogen) atoms. The molecule has 7 heteroatoms. The first-order valence-corrected chi connectivity index (χ1v) is 12.4. The molecule has 4 aliphatic carbocycles. The van der Waals surface area contributed by atoms with E-state index >= 15 is 0 Å². The summed E-state index contributed by atoms with van der Waals surface area (Å²) in [5.74, 6) is 1.33. The number of esters is 1. The topological polar surface area (TPSA) is 55.4 Å². The lowest BCUT2D eigenvalue weighted by Gasteiger charge is -2.59. The molecule has 1 amide bonds. The smallest absolute Gasteiger partial charge is 0.416 e. The zero-order valence-electron chi connectivity index (χ0n) is 19.7. The van der Waals surface area contributed by atoms with E-state index in [0.717, 1.165) is 29.9 Å². The molecule has 186 valence electrons. The van der Waals surface area contributed by atoms with Gasteiger partial charge in [0.1, 0.15) is 0 Å². The van der Waals surface area contributed by atoms with Gasteiger partial charge in [-0.05, 0) is 97.9 Å². The lowest BCUT2D eigenvalue weighted by Crippen LogP contribution is -2.56. The Morgan fingerprint density at radius 2 is 1.54 bits per heavy atom. The van der Waals surface area contributed by atoms with Gasteiger partial charge in [0.2, 0.25) is 0 Å². The van der Waals surface area contributed by atoms with Crippen molar-refractivity contribution in [2.45, 2.75) is 57.7 Å². The van der Waals surface area contributed by atoms with E-state index in [2.05, 4.69) is 12.2 Å². The van der Waals surface area contributed by atoms with Crippen molar-refractivity contribution in [3.63, 3.8) is 0 Å². The minimum Gasteiger partial charge on any atom is -0.452 e. The number of carbonyl (C=O) groups excluding carboxylic acids is 2. The van der Waals surface area contributed by atoms with Crippen molar-refractivity contribution in [2.75, 3.05) is 6.61 Å². The van der Waals surface area contributed by atoms with Crippen molar-refractivity contribution in [1.82, 2.24) is 5.32 Å². The summed E-state index contributed by atoms with van der Waals surface area (Å²) in [5, 5.41) is 3.09. The van der Waals surface area contributed by atoms with E-state index in [0.29, 0.717) is 11.1 Å². The van der Waals surface area contributed by atoms with Crippen LogP contribution in [0.3, 0.4) is 0 Å². The van der Waals surface area contributed by atoms with E-state index in [1.54, 1.807) is 24.3 Å². The third-order valence-corrected chi connectivity index (χ3v) is 8.39. The highest BCUT2D eigenvalue weighted by atomic mass is 19.4. The van der Waals surface area contributed by atoms with Crippen LogP contribution < -0.4 is 5.32 Å². The highest BCUT2D eigenvalue weighted by molar-refractivity contribution is 5.98. The van der Waals surface area contributed by atoms with Crippen LogP contribution in [0.15, 0.2) is 48.5 Å². The third-order valence-electron chi connectivity index (χ3n) is 8.39. The molecule has 1 unspecified atom stereocenters. The van der Waals surface area contributed by atoms with Crippen LogP contribution in [-0.2, 0) is 15.7 Å². The maximum atomic E-state index is 12.9. The minimum atomic E-state index is -4.43. The maximum absolute atomic E-state index is 12.9. The standard InChI is InChI=1S/C28H30F3NO3/c1-17(27-13-18-10-19(14-27)12-20(11-18)15-27)32-25(33)16-35-26(34)24-5-3-2-4-23(24)21-6-8-22(9-7-21)28(29,30)31/h2-9,17-20H,10-16H2,1H3,(H,32,33). The van der Waals surface area contributed by atoms with Crippen molar-refractivity contribution in [3.8, 4) is 11.1 Å². The Bertz CT molecular complexity index is 1070. The summed E-state index contributed by atoms with van der Waals surface area (Å²) in [6.45, 7) is 1.68. The Balaban J connectivity index is 1.21. The molecule has 6 rings (SSSR count). The molecule has 4 bridgehead atoms. The number of hydrogen-bond donors (Lipinski definition) is 1. The molecule has 1 atom stereocenters. The van der Waals surface area contributed by atoms with Gasteiger partial charge in [-0.3, -0.25) is 4.79 Å². The van der Waals surface area contributed by atoms with Crippen LogP contribution in [0, 0.1) is 23.2 Å². The average molecular weight is 486 g/mol. The summed E-state index contributed by atoms with van der Waals surface area (Å²) in [6.07, 6.45) is 3.06. The molecule has 0 radical (unpaired) electrons. The lowest BCUT2D eigenvalue weighted by molar-refractivity contribution is -0.137. The fourth-order valence-corrected chi connectivity index (χ4v) is 7.10. The number of rotatable bonds is 6. The highest BCUT2D eigenvalue weighted by Crippen LogP contribution is 2.61. The molecule has 0 aliphatic heterocycles. The van der Waals surface area contributed by atoms with Gasteiger partial charge in [-0.2, -0.15) is 13.2 Å². The van der Waals surface area contributed by atoms with Crippen LogP contribution in [0.5, 0.6) is 0 Å². The van der Waals surface area contributed by atoms with E-state index < -0.39 is 24.3 Å². The summed E-state index contributed by atoms with van der Waals surface area (Å²) in [5.41, 5.74) is 0.517. The molecule has 1 N–H and O–H groups in total.